The molecule has 0 unspecified atom stereocenters. The fourth-order valence-electron chi connectivity index (χ4n) is 3.62. The van der Waals surface area contributed by atoms with Crippen LogP contribution in [0, 0.1) is 0 Å². The second-order valence-corrected chi connectivity index (χ2v) is 8.17. The summed E-state index contributed by atoms with van der Waals surface area (Å²) >= 11 is 0. The van der Waals surface area contributed by atoms with Gasteiger partial charge in [-0.15, -0.1) is 0 Å². The minimum Gasteiger partial charge on any atom is -0.464 e. The van der Waals surface area contributed by atoms with E-state index in [9.17, 15) is 8.42 Å². The van der Waals surface area contributed by atoms with E-state index in [1.807, 2.05) is 0 Å². The first kappa shape index (κ1) is 14.1. The number of hydrogen-bond acceptors (Lipinski definition) is 4. The van der Waals surface area contributed by atoms with Crippen LogP contribution in [0.25, 0.3) is 0 Å². The van der Waals surface area contributed by atoms with Crippen molar-refractivity contribution in [3.63, 3.8) is 0 Å². The van der Waals surface area contributed by atoms with Crippen molar-refractivity contribution in [1.82, 2.24) is 0 Å². The van der Waals surface area contributed by atoms with Crippen LogP contribution < -0.4 is 5.73 Å². The monoisotopic (exact) mass is 297 g/mol. The summed E-state index contributed by atoms with van der Waals surface area (Å²) in [4.78, 5) is 0. The highest BCUT2D eigenvalue weighted by molar-refractivity contribution is 7.90. The molecule has 2 N–H and O–H groups in total. The maximum atomic E-state index is 11.8. The highest BCUT2D eigenvalue weighted by atomic mass is 32.2. The lowest BCUT2D eigenvalue weighted by molar-refractivity contribution is 0.412. The Morgan fingerprint density at radius 3 is 2.45 bits per heavy atom. The Labute approximate surface area is 120 Å². The van der Waals surface area contributed by atoms with Crippen LogP contribution >= 0.6 is 0 Å². The number of hydrogen-bond donors (Lipinski definition) is 1. The molecule has 0 aromatic carbocycles. The van der Waals surface area contributed by atoms with E-state index in [-0.39, 0.29) is 11.5 Å². The van der Waals surface area contributed by atoms with Gasteiger partial charge in [-0.1, -0.05) is 25.7 Å². The zero-order valence-electron chi connectivity index (χ0n) is 11.9. The molecule has 0 spiro atoms. The topological polar surface area (TPSA) is 73.3 Å². The van der Waals surface area contributed by atoms with Crippen molar-refractivity contribution in [2.75, 3.05) is 6.54 Å². The van der Waals surface area contributed by atoms with Crippen LogP contribution in [0.4, 0.5) is 0 Å². The van der Waals surface area contributed by atoms with Gasteiger partial charge < -0.3 is 10.2 Å². The number of rotatable bonds is 3. The largest absolute Gasteiger partial charge is 0.464 e. The van der Waals surface area contributed by atoms with Crippen LogP contribution in [-0.4, -0.2) is 15.0 Å². The molecule has 0 bridgehead atoms. The van der Waals surface area contributed by atoms with E-state index < -0.39 is 9.84 Å². The lowest BCUT2D eigenvalue weighted by Crippen LogP contribution is -2.09. The maximum absolute atomic E-state index is 11.8. The van der Waals surface area contributed by atoms with E-state index in [0.717, 1.165) is 36.1 Å². The highest BCUT2D eigenvalue weighted by Gasteiger charge is 2.34. The Bertz CT molecular complexity index is 581. The molecule has 1 saturated carbocycles. The first-order valence-corrected chi connectivity index (χ1v) is 9.46. The zero-order chi connectivity index (χ0) is 14.2. The molecule has 0 radical (unpaired) electrons. The SMILES string of the molecule is NCCc1c(C2CCCCCC2)oc2c1CS(=O)(=O)C2. The molecule has 0 saturated heterocycles. The van der Waals surface area contributed by atoms with Gasteiger partial charge in [0.25, 0.3) is 0 Å². The van der Waals surface area contributed by atoms with Crippen molar-refractivity contribution in [2.24, 2.45) is 5.73 Å². The van der Waals surface area contributed by atoms with Crippen LogP contribution in [0.3, 0.4) is 0 Å². The number of nitrogens with two attached hydrogens (primary N) is 1. The Hall–Kier alpha value is -0.810. The van der Waals surface area contributed by atoms with E-state index in [1.165, 1.54) is 25.7 Å². The second-order valence-electron chi connectivity index (χ2n) is 6.11. The molecular formula is C15H23NO3S. The Kier molecular flexibility index (Phi) is 3.91. The van der Waals surface area contributed by atoms with Crippen molar-refractivity contribution < 1.29 is 12.8 Å². The Balaban J connectivity index is 1.95. The van der Waals surface area contributed by atoms with Crippen LogP contribution in [0.1, 0.15) is 67.1 Å². The number of furan rings is 1. The third-order valence-corrected chi connectivity index (χ3v) is 6.00. The molecule has 1 fully saturated rings. The lowest BCUT2D eigenvalue weighted by Gasteiger charge is -2.14. The summed E-state index contributed by atoms with van der Waals surface area (Å²) in [5.74, 6) is 2.43. The second kappa shape index (κ2) is 5.53. The molecule has 2 heterocycles. The summed E-state index contributed by atoms with van der Waals surface area (Å²) < 4.78 is 29.5. The van der Waals surface area contributed by atoms with Gasteiger partial charge in [-0.25, -0.2) is 8.42 Å². The summed E-state index contributed by atoms with van der Waals surface area (Å²) in [5, 5.41) is 0. The fourth-order valence-corrected chi connectivity index (χ4v) is 5.13. The quantitative estimate of drug-likeness (QED) is 0.870. The van der Waals surface area contributed by atoms with Crippen LogP contribution in [0.2, 0.25) is 0 Å². The molecule has 1 aromatic rings. The standard InChI is InChI=1S/C15H23NO3S/c16-8-7-12-13-9-20(17,18)10-14(13)19-15(12)11-5-3-1-2-4-6-11/h11H,1-10,16H2. The van der Waals surface area contributed by atoms with Crippen LogP contribution in [0.15, 0.2) is 4.42 Å². The van der Waals surface area contributed by atoms with E-state index in [1.54, 1.807) is 0 Å². The van der Waals surface area contributed by atoms with E-state index in [2.05, 4.69) is 0 Å². The van der Waals surface area contributed by atoms with Crippen molar-refractivity contribution >= 4 is 9.84 Å². The Morgan fingerprint density at radius 1 is 1.10 bits per heavy atom. The number of fused-ring (bicyclic) bond motifs is 1. The summed E-state index contributed by atoms with van der Waals surface area (Å²) in [7, 11) is -2.99. The molecule has 1 aliphatic heterocycles. The molecule has 112 valence electrons. The van der Waals surface area contributed by atoms with Gasteiger partial charge >= 0.3 is 0 Å². The smallest absolute Gasteiger partial charge is 0.161 e. The maximum Gasteiger partial charge on any atom is 0.161 e. The van der Waals surface area contributed by atoms with Gasteiger partial charge in [0, 0.05) is 11.5 Å². The van der Waals surface area contributed by atoms with Crippen molar-refractivity contribution in [3.8, 4) is 0 Å². The van der Waals surface area contributed by atoms with Crippen molar-refractivity contribution in [2.45, 2.75) is 62.4 Å². The minimum absolute atomic E-state index is 0.0760. The van der Waals surface area contributed by atoms with E-state index in [0.29, 0.717) is 18.2 Å². The molecule has 0 atom stereocenters. The molecule has 2 aliphatic rings. The van der Waals surface area contributed by atoms with Crippen molar-refractivity contribution in [1.29, 1.82) is 0 Å². The first-order chi connectivity index (χ1) is 9.61. The average Bonchev–Trinajstić information content (AvgIpc) is 2.73. The molecule has 1 aromatic heterocycles. The normalized spacial score (nSPS) is 22.6. The highest BCUT2D eigenvalue weighted by Crippen LogP contribution is 2.40. The predicted molar refractivity (Wildman–Crippen MR) is 78.2 cm³/mol. The molecule has 4 nitrogen and oxygen atoms in total. The van der Waals surface area contributed by atoms with E-state index in [4.69, 9.17) is 10.2 Å². The van der Waals surface area contributed by atoms with Gasteiger partial charge in [-0.2, -0.15) is 0 Å². The van der Waals surface area contributed by atoms with Gasteiger partial charge in [-0.05, 0) is 31.4 Å². The average molecular weight is 297 g/mol. The first-order valence-electron chi connectivity index (χ1n) is 7.64. The van der Waals surface area contributed by atoms with Gasteiger partial charge in [0.05, 0.1) is 5.75 Å². The Morgan fingerprint density at radius 2 is 1.80 bits per heavy atom. The molecule has 1 aliphatic carbocycles. The predicted octanol–water partition coefficient (Wildman–Crippen LogP) is 2.65. The third-order valence-electron chi connectivity index (χ3n) is 4.57. The molecular weight excluding hydrogens is 274 g/mol. The summed E-state index contributed by atoms with van der Waals surface area (Å²) in [6.07, 6.45) is 8.16. The van der Waals surface area contributed by atoms with Gasteiger partial charge in [0.15, 0.2) is 9.84 Å². The van der Waals surface area contributed by atoms with Gasteiger partial charge in [-0.3, -0.25) is 0 Å². The van der Waals surface area contributed by atoms with Gasteiger partial charge in [0.1, 0.15) is 17.3 Å². The molecule has 5 heteroatoms. The van der Waals surface area contributed by atoms with Gasteiger partial charge in [0.2, 0.25) is 0 Å². The molecule has 3 rings (SSSR count). The van der Waals surface area contributed by atoms with Crippen molar-refractivity contribution in [3.05, 3.63) is 22.6 Å². The summed E-state index contributed by atoms with van der Waals surface area (Å²) in [6.45, 7) is 0.547. The minimum atomic E-state index is -2.99. The summed E-state index contributed by atoms with van der Waals surface area (Å²) in [6, 6.07) is 0. The lowest BCUT2D eigenvalue weighted by atomic mass is 9.92. The van der Waals surface area contributed by atoms with Crippen LogP contribution in [0.5, 0.6) is 0 Å². The molecule has 20 heavy (non-hydrogen) atoms. The van der Waals surface area contributed by atoms with E-state index >= 15 is 0 Å². The fraction of sp³-hybridized carbons (Fsp3) is 0.733. The summed E-state index contributed by atoms with van der Waals surface area (Å²) in [5.41, 5.74) is 7.75. The van der Waals surface area contributed by atoms with Crippen LogP contribution in [-0.2, 0) is 27.8 Å². The zero-order valence-corrected chi connectivity index (χ0v) is 12.7. The molecule has 0 amide bonds. The third kappa shape index (κ3) is 2.66. The number of sulfone groups is 1.